The van der Waals surface area contributed by atoms with Gasteiger partial charge in [0.05, 0.1) is 6.04 Å². The molecule has 1 aliphatic heterocycles. The first-order valence-electron chi connectivity index (χ1n) is 9.84. The fourth-order valence-electron chi connectivity index (χ4n) is 4.07. The maximum absolute atomic E-state index is 12.4. The summed E-state index contributed by atoms with van der Waals surface area (Å²) in [5, 5.41) is 0. The van der Waals surface area contributed by atoms with E-state index in [0.29, 0.717) is 13.1 Å². The summed E-state index contributed by atoms with van der Waals surface area (Å²) in [5.74, 6) is -0.264. The third-order valence-electron chi connectivity index (χ3n) is 5.45. The average Bonchev–Trinajstić information content (AvgIpc) is 3.06. The number of pyridine rings is 1. The fourth-order valence-corrected chi connectivity index (χ4v) is 4.07. The predicted octanol–water partition coefficient (Wildman–Crippen LogP) is 5.52. The third kappa shape index (κ3) is 4.61. The minimum atomic E-state index is -4.72. The Kier molecular flexibility index (Phi) is 5.54. The van der Waals surface area contributed by atoms with Gasteiger partial charge < -0.3 is 9.53 Å². The molecule has 3 aromatic rings. The molecule has 0 saturated carbocycles. The minimum absolute atomic E-state index is 0.264. The monoisotopic (exact) mass is 426 g/mol. The highest BCUT2D eigenvalue weighted by molar-refractivity contribution is 5.71. The van der Waals surface area contributed by atoms with Gasteiger partial charge in [-0.1, -0.05) is 24.3 Å². The molecule has 0 saturated heterocycles. The molecule has 2 aromatic carbocycles. The van der Waals surface area contributed by atoms with Crippen molar-refractivity contribution < 1.29 is 22.7 Å². The number of carbonyl (C=O) groups is 1. The van der Waals surface area contributed by atoms with Crippen LogP contribution in [0.25, 0.3) is 11.1 Å². The first-order valence-corrected chi connectivity index (χ1v) is 9.84. The van der Waals surface area contributed by atoms with Crippen LogP contribution in [-0.4, -0.2) is 22.5 Å². The number of alkyl halides is 3. The number of aryl methyl sites for hydroxylation is 2. The highest BCUT2D eigenvalue weighted by Crippen LogP contribution is 2.38. The molecule has 2 heterocycles. The first-order chi connectivity index (χ1) is 14.7. The quantitative estimate of drug-likeness (QED) is 0.504. The van der Waals surface area contributed by atoms with Crippen LogP contribution < -0.4 is 4.74 Å². The maximum atomic E-state index is 12.4. The van der Waals surface area contributed by atoms with Crippen molar-refractivity contribution >= 4 is 6.29 Å². The molecule has 0 spiro atoms. The Morgan fingerprint density at radius 3 is 2.45 bits per heavy atom. The number of benzene rings is 2. The van der Waals surface area contributed by atoms with Crippen molar-refractivity contribution in [2.24, 2.45) is 0 Å². The second-order valence-electron chi connectivity index (χ2n) is 7.73. The lowest BCUT2D eigenvalue weighted by atomic mass is 9.94. The Hall–Kier alpha value is -3.19. The topological polar surface area (TPSA) is 42.4 Å². The van der Waals surface area contributed by atoms with Gasteiger partial charge in [-0.05, 0) is 65.9 Å². The molecule has 0 fully saturated rings. The molecule has 0 amide bonds. The Labute approximate surface area is 178 Å². The van der Waals surface area contributed by atoms with Crippen molar-refractivity contribution in [3.63, 3.8) is 0 Å². The highest BCUT2D eigenvalue weighted by Gasteiger charge is 2.33. The largest absolute Gasteiger partial charge is 0.573 e. The number of carbonyl (C=O) groups excluding carboxylic acids is 1. The Balaban J connectivity index is 1.57. The SMILES string of the molecule is Cc1ccc(-c2cc(C)c3c(c2)CN(Cc2ccc(OC(F)(F)F)cc2)C3C=O)cn1. The third-order valence-corrected chi connectivity index (χ3v) is 5.45. The number of aldehydes is 1. The average molecular weight is 426 g/mol. The van der Waals surface area contributed by atoms with Crippen LogP contribution in [0.5, 0.6) is 5.75 Å². The van der Waals surface area contributed by atoms with E-state index in [0.717, 1.165) is 45.4 Å². The van der Waals surface area contributed by atoms with Crippen LogP contribution in [-0.2, 0) is 17.9 Å². The van der Waals surface area contributed by atoms with Gasteiger partial charge in [0.2, 0.25) is 0 Å². The molecule has 0 aliphatic carbocycles. The number of hydrogen-bond acceptors (Lipinski definition) is 4. The second kappa shape index (κ2) is 8.15. The lowest BCUT2D eigenvalue weighted by molar-refractivity contribution is -0.274. The molecule has 160 valence electrons. The summed E-state index contributed by atoms with van der Waals surface area (Å²) in [6, 6.07) is 13.5. The molecule has 1 aliphatic rings. The second-order valence-corrected chi connectivity index (χ2v) is 7.73. The van der Waals surface area contributed by atoms with Crippen LogP contribution in [0.2, 0.25) is 0 Å². The molecule has 4 nitrogen and oxygen atoms in total. The van der Waals surface area contributed by atoms with Crippen molar-refractivity contribution in [2.75, 3.05) is 0 Å². The van der Waals surface area contributed by atoms with E-state index in [1.54, 1.807) is 12.1 Å². The van der Waals surface area contributed by atoms with Gasteiger partial charge in [0.25, 0.3) is 0 Å². The fraction of sp³-hybridized carbons (Fsp3) is 0.250. The van der Waals surface area contributed by atoms with E-state index in [1.165, 1.54) is 12.1 Å². The van der Waals surface area contributed by atoms with E-state index in [2.05, 4.69) is 21.9 Å². The van der Waals surface area contributed by atoms with Crippen molar-refractivity contribution in [1.82, 2.24) is 9.88 Å². The maximum Gasteiger partial charge on any atom is 0.573 e. The summed E-state index contributed by atoms with van der Waals surface area (Å²) in [6.07, 6.45) is -1.96. The lowest BCUT2D eigenvalue weighted by Gasteiger charge is -2.21. The van der Waals surface area contributed by atoms with Gasteiger partial charge in [0, 0.05) is 30.5 Å². The zero-order chi connectivity index (χ0) is 22.2. The van der Waals surface area contributed by atoms with Gasteiger partial charge in [0.15, 0.2) is 0 Å². The number of nitrogens with zero attached hydrogens (tertiary/aromatic N) is 2. The number of rotatable bonds is 5. The van der Waals surface area contributed by atoms with Crippen molar-refractivity contribution in [1.29, 1.82) is 0 Å². The van der Waals surface area contributed by atoms with Crippen LogP contribution in [0.15, 0.2) is 54.7 Å². The van der Waals surface area contributed by atoms with E-state index >= 15 is 0 Å². The van der Waals surface area contributed by atoms with Crippen LogP contribution in [0.1, 0.15) is 34.0 Å². The number of fused-ring (bicyclic) bond motifs is 1. The molecule has 0 N–H and O–H groups in total. The Bertz CT molecular complexity index is 1090. The molecule has 0 radical (unpaired) electrons. The lowest BCUT2D eigenvalue weighted by Crippen LogP contribution is -2.23. The van der Waals surface area contributed by atoms with E-state index in [4.69, 9.17) is 0 Å². The first kappa shape index (κ1) is 21.1. The van der Waals surface area contributed by atoms with Gasteiger partial charge in [-0.3, -0.25) is 9.88 Å². The number of halogens is 3. The summed E-state index contributed by atoms with van der Waals surface area (Å²) >= 11 is 0. The molecular weight excluding hydrogens is 405 g/mol. The molecule has 1 atom stereocenters. The normalized spacial score (nSPS) is 16.2. The summed E-state index contributed by atoms with van der Waals surface area (Å²) in [7, 11) is 0. The molecular formula is C24H21F3N2O2. The zero-order valence-electron chi connectivity index (χ0n) is 17.1. The van der Waals surface area contributed by atoms with Crippen molar-refractivity contribution in [3.05, 3.63) is 82.7 Å². The minimum Gasteiger partial charge on any atom is -0.406 e. The zero-order valence-corrected chi connectivity index (χ0v) is 17.1. The van der Waals surface area contributed by atoms with E-state index in [9.17, 15) is 18.0 Å². The molecule has 4 rings (SSSR count). The van der Waals surface area contributed by atoms with Crippen LogP contribution in [0.4, 0.5) is 13.2 Å². The van der Waals surface area contributed by atoms with Gasteiger partial charge in [-0.2, -0.15) is 0 Å². The summed E-state index contributed by atoms with van der Waals surface area (Å²) in [6.45, 7) is 4.94. The Morgan fingerprint density at radius 2 is 1.84 bits per heavy atom. The van der Waals surface area contributed by atoms with Crippen LogP contribution in [0.3, 0.4) is 0 Å². The van der Waals surface area contributed by atoms with Gasteiger partial charge >= 0.3 is 6.36 Å². The van der Waals surface area contributed by atoms with Crippen LogP contribution >= 0.6 is 0 Å². The summed E-state index contributed by atoms with van der Waals surface area (Å²) in [4.78, 5) is 18.3. The van der Waals surface area contributed by atoms with Gasteiger partial charge in [-0.15, -0.1) is 13.2 Å². The van der Waals surface area contributed by atoms with Crippen LogP contribution in [0, 0.1) is 13.8 Å². The van der Waals surface area contributed by atoms with Crippen molar-refractivity contribution in [3.8, 4) is 16.9 Å². The molecule has 1 unspecified atom stereocenters. The van der Waals surface area contributed by atoms with E-state index in [1.807, 2.05) is 37.1 Å². The molecule has 31 heavy (non-hydrogen) atoms. The Morgan fingerprint density at radius 1 is 1.10 bits per heavy atom. The van der Waals surface area contributed by atoms with Gasteiger partial charge in [-0.25, -0.2) is 0 Å². The molecule has 0 bridgehead atoms. The molecule has 7 heteroatoms. The highest BCUT2D eigenvalue weighted by atomic mass is 19.4. The smallest absolute Gasteiger partial charge is 0.406 e. The summed E-state index contributed by atoms with van der Waals surface area (Å²) in [5.41, 5.74) is 6.90. The number of aromatic nitrogens is 1. The number of hydrogen-bond donors (Lipinski definition) is 0. The van der Waals surface area contributed by atoms with Crippen molar-refractivity contribution in [2.45, 2.75) is 39.3 Å². The molecule has 1 aromatic heterocycles. The number of ether oxygens (including phenoxy) is 1. The van der Waals surface area contributed by atoms with E-state index < -0.39 is 12.4 Å². The van der Waals surface area contributed by atoms with Gasteiger partial charge in [0.1, 0.15) is 12.0 Å². The predicted molar refractivity (Wildman–Crippen MR) is 110 cm³/mol. The standard InChI is InChI=1S/C24H21F3N2O2/c1-15-9-19(18-6-3-16(2)28-11-18)10-20-13-29(22(14-30)23(15)20)12-17-4-7-21(8-5-17)31-24(25,26)27/h3-11,14,22H,12-13H2,1-2H3. The summed E-state index contributed by atoms with van der Waals surface area (Å²) < 4.78 is 41.0. The van der Waals surface area contributed by atoms with E-state index in [-0.39, 0.29) is 5.75 Å².